The van der Waals surface area contributed by atoms with Crippen LogP contribution in [0.3, 0.4) is 0 Å². The summed E-state index contributed by atoms with van der Waals surface area (Å²) in [6.07, 6.45) is -7.52. The molecule has 1 aromatic carbocycles. The van der Waals surface area contributed by atoms with Crippen molar-refractivity contribution in [1.82, 2.24) is 4.90 Å². The number of hydrogen-bond acceptors (Lipinski definition) is 8. The number of benzene rings is 1. The zero-order valence-electron chi connectivity index (χ0n) is 22.4. The number of piperazine rings is 1. The molecular formula is C26H33F3N4O6S. The van der Waals surface area contributed by atoms with E-state index in [0.29, 0.717) is 26.2 Å². The largest absolute Gasteiger partial charge is 0.481 e. The molecule has 220 valence electrons. The van der Waals surface area contributed by atoms with Gasteiger partial charge in [0.25, 0.3) is 0 Å². The van der Waals surface area contributed by atoms with Gasteiger partial charge in [0.15, 0.2) is 9.84 Å². The summed E-state index contributed by atoms with van der Waals surface area (Å²) in [5, 5.41) is 18.3. The van der Waals surface area contributed by atoms with Gasteiger partial charge in [-0.2, -0.15) is 18.4 Å². The van der Waals surface area contributed by atoms with Gasteiger partial charge in [-0.15, -0.1) is 0 Å². The fraction of sp³-hybridized carbons (Fsp3) is 0.654. The molecule has 4 rings (SSSR count). The van der Waals surface area contributed by atoms with Crippen molar-refractivity contribution in [3.8, 4) is 6.07 Å². The lowest BCUT2D eigenvalue weighted by molar-refractivity contribution is -0.159. The third kappa shape index (κ3) is 4.71. The molecule has 5 atom stereocenters. The Morgan fingerprint density at radius 3 is 2.27 bits per heavy atom. The number of carboxylic acid groups (broad SMARTS) is 1. The standard InChI is InChI=1S/C26H33F3N4O6S/c1-15(2)32-6-8-33(9-7-32)16-4-5-19(18(10-16)26(27,28)29)40(37,38)17-11-21(39-3)25(12-17,23(35)36)20-13-24(20,14-30)22(31)34/h4-5,10,15,17,20-21H,6-9,11-13H2,1-3H3,(H2,31,34)(H,35,36)/t17-,20?,21+,24?,25+/m1/s1. The van der Waals surface area contributed by atoms with Gasteiger partial charge >= 0.3 is 12.1 Å². The second-order valence-corrected chi connectivity index (χ2v) is 13.4. The molecule has 3 aliphatic rings. The van der Waals surface area contributed by atoms with E-state index >= 15 is 0 Å². The normalized spacial score (nSPS) is 31.2. The predicted molar refractivity (Wildman–Crippen MR) is 137 cm³/mol. The van der Waals surface area contributed by atoms with Crippen LogP contribution >= 0.6 is 0 Å². The summed E-state index contributed by atoms with van der Waals surface area (Å²) in [5.74, 6) is -3.67. The van der Waals surface area contributed by atoms with Crippen molar-refractivity contribution in [3.05, 3.63) is 23.8 Å². The highest BCUT2D eigenvalue weighted by Gasteiger charge is 2.75. The highest BCUT2D eigenvalue weighted by Crippen LogP contribution is 2.66. The lowest BCUT2D eigenvalue weighted by Crippen LogP contribution is -2.49. The maximum Gasteiger partial charge on any atom is 0.417 e. The first-order chi connectivity index (χ1) is 18.6. The number of anilines is 1. The first kappa shape index (κ1) is 30.1. The maximum atomic E-state index is 14.3. The molecule has 1 amide bonds. The van der Waals surface area contributed by atoms with E-state index in [1.807, 2.05) is 13.8 Å². The molecule has 2 aliphatic carbocycles. The first-order valence-corrected chi connectivity index (χ1v) is 14.5. The quantitative estimate of drug-likeness (QED) is 0.467. The zero-order valence-corrected chi connectivity index (χ0v) is 23.3. The Balaban J connectivity index is 1.70. The second kappa shape index (κ2) is 10.2. The molecule has 3 fully saturated rings. The molecule has 1 saturated heterocycles. The van der Waals surface area contributed by atoms with Crippen molar-refractivity contribution >= 4 is 27.4 Å². The number of aliphatic carboxylic acids is 1. The van der Waals surface area contributed by atoms with Crippen LogP contribution in [0.2, 0.25) is 0 Å². The van der Waals surface area contributed by atoms with E-state index < -0.39 is 79.3 Å². The molecule has 0 aromatic heterocycles. The van der Waals surface area contributed by atoms with E-state index in [0.717, 1.165) is 19.2 Å². The number of carboxylic acids is 1. The number of halogens is 3. The van der Waals surface area contributed by atoms with Gasteiger partial charge < -0.3 is 20.5 Å². The van der Waals surface area contributed by atoms with E-state index in [1.54, 1.807) is 11.0 Å². The molecule has 1 aliphatic heterocycles. The van der Waals surface area contributed by atoms with Crippen molar-refractivity contribution in [2.45, 2.75) is 61.6 Å². The summed E-state index contributed by atoms with van der Waals surface area (Å²) >= 11 is 0. The van der Waals surface area contributed by atoms with Gasteiger partial charge in [-0.3, -0.25) is 14.5 Å². The van der Waals surface area contributed by atoms with Gasteiger partial charge in [0.2, 0.25) is 5.91 Å². The summed E-state index contributed by atoms with van der Waals surface area (Å²) in [5.41, 5.74) is 0.490. The molecule has 2 saturated carbocycles. The molecule has 2 unspecified atom stereocenters. The molecule has 14 heteroatoms. The molecule has 0 spiro atoms. The highest BCUT2D eigenvalue weighted by molar-refractivity contribution is 7.92. The molecule has 3 N–H and O–H groups in total. The minimum atomic E-state index is -5.00. The van der Waals surface area contributed by atoms with Crippen LogP contribution in [0.25, 0.3) is 0 Å². The molecule has 10 nitrogen and oxygen atoms in total. The number of rotatable bonds is 8. The van der Waals surface area contributed by atoms with Crippen molar-refractivity contribution in [2.24, 2.45) is 22.5 Å². The second-order valence-electron chi connectivity index (χ2n) is 11.2. The number of ether oxygens (including phenoxy) is 1. The summed E-state index contributed by atoms with van der Waals surface area (Å²) in [6.45, 7) is 6.31. The van der Waals surface area contributed by atoms with Crippen LogP contribution in [0.1, 0.15) is 38.7 Å². The van der Waals surface area contributed by atoms with Crippen LogP contribution in [0, 0.1) is 28.1 Å². The Bertz CT molecular complexity index is 1340. The Morgan fingerprint density at radius 1 is 1.20 bits per heavy atom. The van der Waals surface area contributed by atoms with Gasteiger partial charge in [0.1, 0.15) is 10.8 Å². The van der Waals surface area contributed by atoms with Gasteiger partial charge in [-0.1, -0.05) is 0 Å². The zero-order chi connectivity index (χ0) is 29.8. The smallest absolute Gasteiger partial charge is 0.417 e. The van der Waals surface area contributed by atoms with Crippen LogP contribution in [0.4, 0.5) is 18.9 Å². The lowest BCUT2D eigenvalue weighted by Gasteiger charge is -2.38. The SMILES string of the molecule is CO[C@H]1C[C@@H](S(=O)(=O)c2ccc(N3CCN(C(C)C)CC3)cc2C(F)(F)F)C[C@]1(C(=O)O)C1CC1(C#N)C(N)=O. The van der Waals surface area contributed by atoms with Gasteiger partial charge in [-0.05, 0) is 51.3 Å². The summed E-state index contributed by atoms with van der Waals surface area (Å²) in [7, 11) is -3.57. The number of carbonyl (C=O) groups is 2. The van der Waals surface area contributed by atoms with Crippen molar-refractivity contribution < 1.29 is 41.0 Å². The molecule has 0 radical (unpaired) electrons. The Hall–Kier alpha value is -2.89. The summed E-state index contributed by atoms with van der Waals surface area (Å²) in [6, 6.07) is 5.16. The third-order valence-electron chi connectivity index (χ3n) is 8.95. The Kier molecular flexibility index (Phi) is 7.66. The average Bonchev–Trinajstić information content (AvgIpc) is 3.52. The fourth-order valence-corrected chi connectivity index (χ4v) is 8.54. The van der Waals surface area contributed by atoms with E-state index in [9.17, 15) is 41.5 Å². The summed E-state index contributed by atoms with van der Waals surface area (Å²) < 4.78 is 75.7. The van der Waals surface area contributed by atoms with Gasteiger partial charge in [0, 0.05) is 50.9 Å². The van der Waals surface area contributed by atoms with Crippen molar-refractivity contribution in [1.29, 1.82) is 5.26 Å². The fourth-order valence-electron chi connectivity index (χ4n) is 6.52. The van der Waals surface area contributed by atoms with E-state index in [2.05, 4.69) is 4.90 Å². The number of sulfone groups is 1. The Morgan fingerprint density at radius 2 is 1.82 bits per heavy atom. The van der Waals surface area contributed by atoms with E-state index in [-0.39, 0.29) is 18.2 Å². The number of primary amides is 1. The number of hydrogen-bond donors (Lipinski definition) is 2. The van der Waals surface area contributed by atoms with Crippen LogP contribution in [-0.2, 0) is 30.3 Å². The average molecular weight is 587 g/mol. The number of nitrogens with zero attached hydrogens (tertiary/aromatic N) is 3. The van der Waals surface area contributed by atoms with Gasteiger partial charge in [-0.25, -0.2) is 8.42 Å². The van der Waals surface area contributed by atoms with Crippen LogP contribution < -0.4 is 10.6 Å². The monoisotopic (exact) mass is 586 g/mol. The molecule has 1 aromatic rings. The van der Waals surface area contributed by atoms with Gasteiger partial charge in [0.05, 0.1) is 27.9 Å². The topological polar surface area (TPSA) is 154 Å². The molecule has 1 heterocycles. The third-order valence-corrected chi connectivity index (χ3v) is 11.2. The minimum absolute atomic E-state index is 0.204. The number of alkyl halides is 3. The van der Waals surface area contributed by atoms with Crippen LogP contribution in [-0.4, -0.2) is 81.0 Å². The lowest BCUT2D eigenvalue weighted by atomic mass is 9.75. The number of carbonyl (C=O) groups excluding carboxylic acids is 1. The molecule has 40 heavy (non-hydrogen) atoms. The maximum absolute atomic E-state index is 14.3. The molecule has 0 bridgehead atoms. The molecular weight excluding hydrogens is 553 g/mol. The minimum Gasteiger partial charge on any atom is -0.481 e. The van der Waals surface area contributed by atoms with Crippen LogP contribution in [0.5, 0.6) is 0 Å². The highest BCUT2D eigenvalue weighted by atomic mass is 32.2. The van der Waals surface area contributed by atoms with Crippen molar-refractivity contribution in [2.75, 3.05) is 38.2 Å². The van der Waals surface area contributed by atoms with E-state index in [4.69, 9.17) is 10.5 Å². The number of nitriles is 1. The van der Waals surface area contributed by atoms with Crippen molar-refractivity contribution in [3.63, 3.8) is 0 Å². The predicted octanol–water partition coefficient (Wildman–Crippen LogP) is 2.27. The van der Waals surface area contributed by atoms with Crippen LogP contribution in [0.15, 0.2) is 23.1 Å². The van der Waals surface area contributed by atoms with E-state index in [1.165, 1.54) is 6.07 Å². The first-order valence-electron chi connectivity index (χ1n) is 13.0. The number of nitrogens with two attached hydrogens (primary N) is 1. The summed E-state index contributed by atoms with van der Waals surface area (Å²) in [4.78, 5) is 27.6. The number of methoxy groups -OCH3 is 1. The Labute approximate surface area is 230 Å². The number of amides is 1.